The highest BCUT2D eigenvalue weighted by Gasteiger charge is 2.38. The van der Waals surface area contributed by atoms with Crippen LogP contribution < -0.4 is 0 Å². The molecule has 0 aromatic carbocycles. The molecule has 1 aliphatic carbocycles. The van der Waals surface area contributed by atoms with Crippen molar-refractivity contribution in [3.05, 3.63) is 41.3 Å². The third kappa shape index (κ3) is 3.02. The minimum Gasteiger partial charge on any atom is -0.480 e. The number of carbonyl (C=O) groups is 2. The van der Waals surface area contributed by atoms with Gasteiger partial charge < -0.3 is 10.0 Å². The Bertz CT molecular complexity index is 778. The number of carboxylic acids is 1. The average molecular weight is 328 g/mol. The summed E-state index contributed by atoms with van der Waals surface area (Å²) in [5.74, 6) is -0.663. The number of aliphatic carboxylic acids is 1. The molecule has 126 valence electrons. The first-order valence-electron chi connectivity index (χ1n) is 7.93. The van der Waals surface area contributed by atoms with Crippen LogP contribution in [0.25, 0.3) is 5.82 Å². The molecular weight excluding hydrogens is 308 g/mol. The van der Waals surface area contributed by atoms with Gasteiger partial charge in [0.2, 0.25) is 0 Å². The summed E-state index contributed by atoms with van der Waals surface area (Å²) in [6.07, 6.45) is 3.18. The molecule has 2 aromatic rings. The Morgan fingerprint density at radius 1 is 1.33 bits per heavy atom. The van der Waals surface area contributed by atoms with Crippen LogP contribution in [0.5, 0.6) is 0 Å². The number of hydrogen-bond acceptors (Lipinski definition) is 4. The standard InChI is InChI=1S/C17H20N4O3/c1-10-8-11(2)21(19-10)15-7-4-13(9-18-15)16(22)20(14-5-6-14)12(3)17(23)24/h4,7-9,12,14H,5-6H2,1-3H3,(H,23,24). The van der Waals surface area contributed by atoms with E-state index in [-0.39, 0.29) is 11.9 Å². The van der Waals surface area contributed by atoms with Gasteiger partial charge in [-0.2, -0.15) is 5.10 Å². The fourth-order valence-corrected chi connectivity index (χ4v) is 2.78. The molecule has 1 N–H and O–H groups in total. The molecule has 1 fully saturated rings. The number of rotatable bonds is 5. The summed E-state index contributed by atoms with van der Waals surface area (Å²) >= 11 is 0. The molecule has 3 rings (SSSR count). The Hall–Kier alpha value is -2.70. The number of pyridine rings is 1. The Morgan fingerprint density at radius 2 is 2.04 bits per heavy atom. The van der Waals surface area contributed by atoms with Gasteiger partial charge in [-0.1, -0.05) is 0 Å². The molecule has 2 heterocycles. The van der Waals surface area contributed by atoms with Crippen molar-refractivity contribution in [1.82, 2.24) is 19.7 Å². The van der Waals surface area contributed by atoms with E-state index in [0.29, 0.717) is 11.4 Å². The molecule has 2 aromatic heterocycles. The number of carboxylic acid groups (broad SMARTS) is 1. The highest BCUT2D eigenvalue weighted by molar-refractivity contribution is 5.96. The topological polar surface area (TPSA) is 88.3 Å². The summed E-state index contributed by atoms with van der Waals surface area (Å²) in [6, 6.07) is 4.51. The monoisotopic (exact) mass is 328 g/mol. The molecule has 7 heteroatoms. The lowest BCUT2D eigenvalue weighted by atomic mass is 10.2. The molecule has 1 saturated carbocycles. The van der Waals surface area contributed by atoms with Crippen molar-refractivity contribution in [1.29, 1.82) is 0 Å². The molecule has 1 atom stereocenters. The lowest BCUT2D eigenvalue weighted by Crippen LogP contribution is -2.44. The Kier molecular flexibility index (Phi) is 4.09. The Labute approximate surface area is 139 Å². The van der Waals surface area contributed by atoms with E-state index in [1.54, 1.807) is 16.8 Å². The normalized spacial score (nSPS) is 15.1. The van der Waals surface area contributed by atoms with Crippen molar-refractivity contribution in [2.45, 2.75) is 45.7 Å². The molecule has 0 bridgehead atoms. The highest BCUT2D eigenvalue weighted by atomic mass is 16.4. The second kappa shape index (κ2) is 6.07. The molecular formula is C17H20N4O3. The second-order valence-electron chi connectivity index (χ2n) is 6.20. The van der Waals surface area contributed by atoms with Crippen molar-refractivity contribution in [3.8, 4) is 5.82 Å². The van der Waals surface area contributed by atoms with Crippen LogP contribution in [0.1, 0.15) is 41.5 Å². The lowest BCUT2D eigenvalue weighted by molar-refractivity contribution is -0.141. The molecule has 0 spiro atoms. The summed E-state index contributed by atoms with van der Waals surface area (Å²) in [5.41, 5.74) is 2.24. The van der Waals surface area contributed by atoms with Crippen LogP contribution in [0.4, 0.5) is 0 Å². The van der Waals surface area contributed by atoms with Crippen LogP contribution >= 0.6 is 0 Å². The maximum absolute atomic E-state index is 12.7. The lowest BCUT2D eigenvalue weighted by Gasteiger charge is -2.26. The van der Waals surface area contributed by atoms with Crippen LogP contribution in [0, 0.1) is 13.8 Å². The summed E-state index contributed by atoms with van der Waals surface area (Å²) in [4.78, 5) is 29.7. The molecule has 1 unspecified atom stereocenters. The molecule has 0 radical (unpaired) electrons. The second-order valence-corrected chi connectivity index (χ2v) is 6.20. The maximum atomic E-state index is 12.7. The summed E-state index contributed by atoms with van der Waals surface area (Å²) in [7, 11) is 0. The van der Waals surface area contributed by atoms with Crippen LogP contribution in [0.2, 0.25) is 0 Å². The van der Waals surface area contributed by atoms with E-state index in [0.717, 1.165) is 24.2 Å². The van der Waals surface area contributed by atoms with Crippen LogP contribution in [-0.4, -0.2) is 48.7 Å². The minimum atomic E-state index is -0.998. The van der Waals surface area contributed by atoms with E-state index in [1.165, 1.54) is 18.0 Å². The number of amides is 1. The largest absolute Gasteiger partial charge is 0.480 e. The number of aryl methyl sites for hydroxylation is 2. The van der Waals surface area contributed by atoms with E-state index in [2.05, 4.69) is 10.1 Å². The molecule has 1 aliphatic rings. The van der Waals surface area contributed by atoms with Crippen LogP contribution in [-0.2, 0) is 4.79 Å². The van der Waals surface area contributed by atoms with Crippen molar-refractivity contribution in [2.24, 2.45) is 0 Å². The molecule has 24 heavy (non-hydrogen) atoms. The van der Waals surface area contributed by atoms with Gasteiger partial charge in [0.25, 0.3) is 5.91 Å². The van der Waals surface area contributed by atoms with Gasteiger partial charge in [0.1, 0.15) is 6.04 Å². The zero-order valence-corrected chi connectivity index (χ0v) is 13.9. The van der Waals surface area contributed by atoms with Crippen LogP contribution in [0.3, 0.4) is 0 Å². The SMILES string of the molecule is Cc1cc(C)n(-c2ccc(C(=O)N(C3CC3)C(C)C(=O)O)cn2)n1. The van der Waals surface area contributed by atoms with Crippen molar-refractivity contribution >= 4 is 11.9 Å². The molecule has 0 saturated heterocycles. The van der Waals surface area contributed by atoms with E-state index >= 15 is 0 Å². The van der Waals surface area contributed by atoms with E-state index in [1.807, 2.05) is 19.9 Å². The Balaban J connectivity index is 1.85. The zero-order chi connectivity index (χ0) is 17.4. The van der Waals surface area contributed by atoms with Gasteiger partial charge >= 0.3 is 5.97 Å². The minimum absolute atomic E-state index is 0.0132. The smallest absolute Gasteiger partial charge is 0.326 e. The third-order valence-corrected chi connectivity index (χ3v) is 4.17. The van der Waals surface area contributed by atoms with Crippen molar-refractivity contribution in [3.63, 3.8) is 0 Å². The Morgan fingerprint density at radius 3 is 2.50 bits per heavy atom. The van der Waals surface area contributed by atoms with Gasteiger partial charge in [-0.25, -0.2) is 14.5 Å². The first-order valence-corrected chi connectivity index (χ1v) is 7.93. The van der Waals surface area contributed by atoms with E-state index in [9.17, 15) is 14.7 Å². The number of aromatic nitrogens is 3. The average Bonchev–Trinajstić information content (AvgIpc) is 3.31. The molecule has 1 amide bonds. The first-order chi connectivity index (χ1) is 11.4. The van der Waals surface area contributed by atoms with Gasteiger partial charge in [-0.05, 0) is 51.8 Å². The van der Waals surface area contributed by atoms with Gasteiger partial charge in [-0.3, -0.25) is 4.79 Å². The first kappa shape index (κ1) is 16.2. The van der Waals surface area contributed by atoms with Crippen molar-refractivity contribution < 1.29 is 14.7 Å². The predicted octanol–water partition coefficient (Wildman–Crippen LogP) is 1.96. The summed E-state index contributed by atoms with van der Waals surface area (Å²) in [6.45, 7) is 5.38. The van der Waals surface area contributed by atoms with Crippen LogP contribution in [0.15, 0.2) is 24.4 Å². The quantitative estimate of drug-likeness (QED) is 0.906. The third-order valence-electron chi connectivity index (χ3n) is 4.17. The zero-order valence-electron chi connectivity index (χ0n) is 13.9. The highest BCUT2D eigenvalue weighted by Crippen LogP contribution is 2.30. The molecule has 0 aliphatic heterocycles. The predicted molar refractivity (Wildman–Crippen MR) is 87.1 cm³/mol. The number of hydrogen-bond donors (Lipinski definition) is 1. The molecule has 7 nitrogen and oxygen atoms in total. The van der Waals surface area contributed by atoms with Crippen molar-refractivity contribution in [2.75, 3.05) is 0 Å². The van der Waals surface area contributed by atoms with Gasteiger partial charge in [0, 0.05) is 17.9 Å². The fraction of sp³-hybridized carbons (Fsp3) is 0.412. The number of carbonyl (C=O) groups excluding carboxylic acids is 1. The van der Waals surface area contributed by atoms with E-state index in [4.69, 9.17) is 0 Å². The fourth-order valence-electron chi connectivity index (χ4n) is 2.78. The van der Waals surface area contributed by atoms with E-state index < -0.39 is 12.0 Å². The summed E-state index contributed by atoms with van der Waals surface area (Å²) < 4.78 is 1.71. The number of nitrogens with zero attached hydrogens (tertiary/aromatic N) is 4. The van der Waals surface area contributed by atoms with Gasteiger partial charge in [0.05, 0.1) is 11.3 Å². The van der Waals surface area contributed by atoms with Gasteiger partial charge in [-0.15, -0.1) is 0 Å². The van der Waals surface area contributed by atoms with Gasteiger partial charge in [0.15, 0.2) is 5.82 Å². The summed E-state index contributed by atoms with van der Waals surface area (Å²) in [5, 5.41) is 13.6. The maximum Gasteiger partial charge on any atom is 0.326 e.